The van der Waals surface area contributed by atoms with Gasteiger partial charge in [0.1, 0.15) is 0 Å². The Hall–Kier alpha value is -0.120. The van der Waals surface area contributed by atoms with Gasteiger partial charge in [0.25, 0.3) is 0 Å². The number of nitrogens with zero attached hydrogens (tertiary/aromatic N) is 2. The Kier molecular flexibility index (Phi) is 3.33. The highest BCUT2D eigenvalue weighted by atomic mass is 16.3. The third kappa shape index (κ3) is 2.42. The summed E-state index contributed by atoms with van der Waals surface area (Å²) in [6.07, 6.45) is 1.19. The van der Waals surface area contributed by atoms with E-state index in [0.717, 1.165) is 13.1 Å². The molecule has 1 aliphatic rings. The van der Waals surface area contributed by atoms with Gasteiger partial charge in [0.2, 0.25) is 0 Å². The number of rotatable bonds is 3. The van der Waals surface area contributed by atoms with Gasteiger partial charge >= 0.3 is 0 Å². The van der Waals surface area contributed by atoms with Crippen LogP contribution in [0.1, 0.15) is 20.3 Å². The fourth-order valence-electron chi connectivity index (χ4n) is 2.00. The maximum absolute atomic E-state index is 8.84. The van der Waals surface area contributed by atoms with Gasteiger partial charge in [-0.3, -0.25) is 9.80 Å². The summed E-state index contributed by atoms with van der Waals surface area (Å²) in [5.74, 6) is 0. The van der Waals surface area contributed by atoms with Gasteiger partial charge in [-0.05, 0) is 34.4 Å². The van der Waals surface area contributed by atoms with Crippen molar-refractivity contribution in [3.8, 4) is 0 Å². The van der Waals surface area contributed by atoms with Crippen molar-refractivity contribution in [3.63, 3.8) is 0 Å². The summed E-state index contributed by atoms with van der Waals surface area (Å²) in [7, 11) is 4.27. The minimum Gasteiger partial charge on any atom is -0.395 e. The summed E-state index contributed by atoms with van der Waals surface area (Å²) in [4.78, 5) is 4.65. The Morgan fingerprint density at radius 2 is 2.15 bits per heavy atom. The van der Waals surface area contributed by atoms with Crippen LogP contribution in [-0.4, -0.2) is 60.3 Å². The van der Waals surface area contributed by atoms with Crippen LogP contribution in [0.25, 0.3) is 0 Å². The van der Waals surface area contributed by atoms with Crippen LogP contribution < -0.4 is 0 Å². The van der Waals surface area contributed by atoms with E-state index in [2.05, 4.69) is 37.7 Å². The first-order valence-corrected chi connectivity index (χ1v) is 4.99. The third-order valence-corrected chi connectivity index (χ3v) is 3.33. The SMILES string of the molecule is CN(CCO)C1CN(C)C(C)(C)C1. The molecule has 1 fully saturated rings. The van der Waals surface area contributed by atoms with Crippen LogP contribution in [0.5, 0.6) is 0 Å². The lowest BCUT2D eigenvalue weighted by Crippen LogP contribution is -2.35. The van der Waals surface area contributed by atoms with E-state index in [1.807, 2.05) is 0 Å². The monoisotopic (exact) mass is 186 g/mol. The zero-order valence-electron chi connectivity index (χ0n) is 9.25. The van der Waals surface area contributed by atoms with Crippen LogP contribution in [0, 0.1) is 0 Å². The van der Waals surface area contributed by atoms with Crippen LogP contribution in [-0.2, 0) is 0 Å². The fourth-order valence-corrected chi connectivity index (χ4v) is 2.00. The third-order valence-electron chi connectivity index (χ3n) is 3.33. The molecule has 13 heavy (non-hydrogen) atoms. The number of hydrogen-bond acceptors (Lipinski definition) is 3. The average molecular weight is 186 g/mol. The first kappa shape index (κ1) is 11.0. The number of hydrogen-bond donors (Lipinski definition) is 1. The molecule has 0 bridgehead atoms. The highest BCUT2D eigenvalue weighted by molar-refractivity contribution is 4.94. The first-order chi connectivity index (χ1) is 5.97. The quantitative estimate of drug-likeness (QED) is 0.691. The minimum absolute atomic E-state index is 0.261. The summed E-state index contributed by atoms with van der Waals surface area (Å²) in [5, 5.41) is 8.84. The highest BCUT2D eigenvalue weighted by Crippen LogP contribution is 2.28. The van der Waals surface area contributed by atoms with E-state index in [1.165, 1.54) is 6.42 Å². The van der Waals surface area contributed by atoms with Gasteiger partial charge in [0, 0.05) is 24.7 Å². The van der Waals surface area contributed by atoms with E-state index >= 15 is 0 Å². The highest BCUT2D eigenvalue weighted by Gasteiger charge is 2.37. The smallest absolute Gasteiger partial charge is 0.0558 e. The van der Waals surface area contributed by atoms with E-state index in [0.29, 0.717) is 11.6 Å². The molecule has 0 aromatic rings. The lowest BCUT2D eigenvalue weighted by molar-refractivity contribution is 0.181. The zero-order valence-corrected chi connectivity index (χ0v) is 9.25. The van der Waals surface area contributed by atoms with Gasteiger partial charge in [0.15, 0.2) is 0 Å². The molecule has 0 aliphatic carbocycles. The Bertz CT molecular complexity index is 170. The van der Waals surface area contributed by atoms with Gasteiger partial charge in [-0.25, -0.2) is 0 Å². The second-order valence-corrected chi connectivity index (χ2v) is 4.76. The molecular weight excluding hydrogens is 164 g/mol. The molecule has 0 radical (unpaired) electrons. The van der Waals surface area contributed by atoms with Crippen molar-refractivity contribution in [3.05, 3.63) is 0 Å². The summed E-state index contributed by atoms with van der Waals surface area (Å²) in [6, 6.07) is 0.604. The molecule has 1 heterocycles. The second-order valence-electron chi connectivity index (χ2n) is 4.76. The molecule has 1 unspecified atom stereocenters. The number of aliphatic hydroxyl groups is 1. The van der Waals surface area contributed by atoms with Crippen LogP contribution in [0.4, 0.5) is 0 Å². The average Bonchev–Trinajstić information content (AvgIpc) is 2.27. The van der Waals surface area contributed by atoms with Crippen LogP contribution >= 0.6 is 0 Å². The number of likely N-dealkylation sites (tertiary alicyclic amines) is 1. The molecule has 1 aliphatic heterocycles. The van der Waals surface area contributed by atoms with Gasteiger partial charge < -0.3 is 5.11 Å². The Labute approximate surface area is 81.3 Å². The van der Waals surface area contributed by atoms with Crippen molar-refractivity contribution < 1.29 is 5.11 Å². The van der Waals surface area contributed by atoms with E-state index in [1.54, 1.807) is 0 Å². The standard InChI is InChI=1S/C10H22N2O/c1-10(2)7-9(8-12(10)4)11(3)5-6-13/h9,13H,5-8H2,1-4H3. The molecule has 3 nitrogen and oxygen atoms in total. The van der Waals surface area contributed by atoms with Gasteiger partial charge in [-0.1, -0.05) is 0 Å². The molecular formula is C10H22N2O. The molecule has 0 aromatic carbocycles. The molecule has 1 saturated heterocycles. The van der Waals surface area contributed by atoms with Gasteiger partial charge in [-0.2, -0.15) is 0 Å². The summed E-state index contributed by atoms with van der Waals surface area (Å²) < 4.78 is 0. The maximum atomic E-state index is 8.84. The Morgan fingerprint density at radius 1 is 1.54 bits per heavy atom. The van der Waals surface area contributed by atoms with Crippen LogP contribution in [0.2, 0.25) is 0 Å². The summed E-state index contributed by atoms with van der Waals surface area (Å²) in [5.41, 5.74) is 0.314. The second kappa shape index (κ2) is 3.95. The van der Waals surface area contributed by atoms with Crippen molar-refractivity contribution >= 4 is 0 Å². The molecule has 0 amide bonds. The van der Waals surface area contributed by atoms with E-state index in [9.17, 15) is 0 Å². The molecule has 1 N–H and O–H groups in total. The number of aliphatic hydroxyl groups excluding tert-OH is 1. The summed E-state index contributed by atoms with van der Waals surface area (Å²) in [6.45, 7) is 6.72. The van der Waals surface area contributed by atoms with Gasteiger partial charge in [0.05, 0.1) is 6.61 Å². The Morgan fingerprint density at radius 3 is 2.54 bits per heavy atom. The number of likely N-dealkylation sites (N-methyl/N-ethyl adjacent to an activating group) is 2. The topological polar surface area (TPSA) is 26.7 Å². The molecule has 0 aromatic heterocycles. The van der Waals surface area contributed by atoms with E-state index < -0.39 is 0 Å². The fraction of sp³-hybridized carbons (Fsp3) is 1.00. The van der Waals surface area contributed by atoms with E-state index in [-0.39, 0.29) is 6.61 Å². The van der Waals surface area contributed by atoms with Crippen molar-refractivity contribution in [1.82, 2.24) is 9.80 Å². The van der Waals surface area contributed by atoms with Crippen molar-refractivity contribution in [2.45, 2.75) is 31.8 Å². The summed E-state index contributed by atoms with van der Waals surface area (Å²) >= 11 is 0. The van der Waals surface area contributed by atoms with Crippen LogP contribution in [0.3, 0.4) is 0 Å². The normalized spacial score (nSPS) is 28.6. The maximum Gasteiger partial charge on any atom is 0.0558 e. The van der Waals surface area contributed by atoms with Crippen molar-refractivity contribution in [2.24, 2.45) is 0 Å². The lowest BCUT2D eigenvalue weighted by Gasteiger charge is -2.26. The van der Waals surface area contributed by atoms with Crippen LogP contribution in [0.15, 0.2) is 0 Å². The molecule has 0 spiro atoms. The predicted molar refractivity (Wildman–Crippen MR) is 54.8 cm³/mol. The Balaban J connectivity index is 2.48. The molecule has 1 rings (SSSR count). The predicted octanol–water partition coefficient (Wildman–Crippen LogP) is 0.393. The molecule has 3 heteroatoms. The molecule has 1 atom stereocenters. The first-order valence-electron chi connectivity index (χ1n) is 4.99. The lowest BCUT2D eigenvalue weighted by atomic mass is 10.0. The zero-order chi connectivity index (χ0) is 10.1. The van der Waals surface area contributed by atoms with E-state index in [4.69, 9.17) is 5.11 Å². The molecule has 78 valence electrons. The molecule has 0 saturated carbocycles. The largest absolute Gasteiger partial charge is 0.395 e. The van der Waals surface area contributed by atoms with Gasteiger partial charge in [-0.15, -0.1) is 0 Å². The van der Waals surface area contributed by atoms with Crippen molar-refractivity contribution in [1.29, 1.82) is 0 Å². The minimum atomic E-state index is 0.261. The van der Waals surface area contributed by atoms with Crippen molar-refractivity contribution in [2.75, 3.05) is 33.8 Å².